The van der Waals surface area contributed by atoms with Crippen LogP contribution in [0.3, 0.4) is 0 Å². The van der Waals surface area contributed by atoms with Crippen molar-refractivity contribution in [1.29, 1.82) is 0 Å². The van der Waals surface area contributed by atoms with Crippen LogP contribution in [-0.2, 0) is 5.41 Å². The molecule has 3 heteroatoms. The largest absolute Gasteiger partial charge is 0.292 e. The topological polar surface area (TPSA) is 34.9 Å². The number of aryl methyl sites for hydroxylation is 1. The van der Waals surface area contributed by atoms with Gasteiger partial charge in [-0.25, -0.2) is 4.68 Å². The second kappa shape index (κ2) is 5.47. The van der Waals surface area contributed by atoms with Crippen LogP contribution in [0.1, 0.15) is 56.4 Å². The minimum Gasteiger partial charge on any atom is -0.292 e. The SMILES string of the molecule is Cc1ccc(-n2nc(C(C)(C)C)cc2C(=O)C(C)C)cc1. The lowest BCUT2D eigenvalue weighted by atomic mass is 9.91. The van der Waals surface area contributed by atoms with E-state index >= 15 is 0 Å². The van der Waals surface area contributed by atoms with E-state index in [9.17, 15) is 4.79 Å². The van der Waals surface area contributed by atoms with Crippen molar-refractivity contribution in [2.75, 3.05) is 0 Å². The van der Waals surface area contributed by atoms with Gasteiger partial charge in [0.05, 0.1) is 11.4 Å². The van der Waals surface area contributed by atoms with E-state index < -0.39 is 0 Å². The highest BCUT2D eigenvalue weighted by atomic mass is 16.1. The molecule has 0 radical (unpaired) electrons. The number of hydrogen-bond acceptors (Lipinski definition) is 2. The van der Waals surface area contributed by atoms with Crippen molar-refractivity contribution in [3.63, 3.8) is 0 Å². The third-order valence-electron chi connectivity index (χ3n) is 3.53. The molecule has 0 saturated heterocycles. The van der Waals surface area contributed by atoms with E-state index in [1.807, 2.05) is 51.1 Å². The number of aromatic nitrogens is 2. The molecule has 0 saturated carbocycles. The molecule has 1 aromatic heterocycles. The van der Waals surface area contributed by atoms with Gasteiger partial charge in [0.15, 0.2) is 5.78 Å². The van der Waals surface area contributed by atoms with Gasteiger partial charge in [-0.1, -0.05) is 52.3 Å². The second-order valence-corrected chi connectivity index (χ2v) is 6.93. The third kappa shape index (κ3) is 3.23. The van der Waals surface area contributed by atoms with Gasteiger partial charge in [-0.2, -0.15) is 5.10 Å². The Hall–Kier alpha value is -1.90. The summed E-state index contributed by atoms with van der Waals surface area (Å²) in [4.78, 5) is 12.5. The highest BCUT2D eigenvalue weighted by Gasteiger charge is 2.24. The van der Waals surface area contributed by atoms with Crippen molar-refractivity contribution in [2.24, 2.45) is 5.92 Å². The molecule has 2 aromatic rings. The summed E-state index contributed by atoms with van der Waals surface area (Å²) in [7, 11) is 0. The predicted molar refractivity (Wildman–Crippen MR) is 86.2 cm³/mol. The number of carbonyl (C=O) groups excluding carboxylic acids is 1. The molecule has 2 rings (SSSR count). The fourth-order valence-corrected chi connectivity index (χ4v) is 2.10. The summed E-state index contributed by atoms with van der Waals surface area (Å²) in [6.45, 7) is 12.2. The first-order chi connectivity index (χ1) is 9.70. The zero-order chi connectivity index (χ0) is 15.8. The Kier molecular flexibility index (Phi) is 4.04. The van der Waals surface area contributed by atoms with E-state index in [2.05, 4.69) is 25.9 Å². The summed E-state index contributed by atoms with van der Waals surface area (Å²) >= 11 is 0. The standard InChI is InChI=1S/C18H24N2O/c1-12(2)17(21)15-11-16(18(4,5)6)19-20(15)14-9-7-13(3)8-10-14/h7-12H,1-6H3. The molecule has 112 valence electrons. The summed E-state index contributed by atoms with van der Waals surface area (Å²) in [5, 5.41) is 4.68. The van der Waals surface area contributed by atoms with Gasteiger partial charge in [-0.3, -0.25) is 4.79 Å². The fraction of sp³-hybridized carbons (Fsp3) is 0.444. The first kappa shape index (κ1) is 15.5. The maximum Gasteiger partial charge on any atom is 0.183 e. The van der Waals surface area contributed by atoms with Crippen molar-refractivity contribution in [3.8, 4) is 5.69 Å². The molecule has 0 aliphatic carbocycles. The Morgan fingerprint density at radius 2 is 1.71 bits per heavy atom. The van der Waals surface area contributed by atoms with E-state index in [1.54, 1.807) is 4.68 Å². The molecule has 0 aliphatic rings. The molecular formula is C18H24N2O. The smallest absolute Gasteiger partial charge is 0.183 e. The van der Waals surface area contributed by atoms with Gasteiger partial charge in [-0.05, 0) is 25.1 Å². The van der Waals surface area contributed by atoms with Gasteiger partial charge in [-0.15, -0.1) is 0 Å². The molecule has 21 heavy (non-hydrogen) atoms. The van der Waals surface area contributed by atoms with Gasteiger partial charge in [0.25, 0.3) is 0 Å². The highest BCUT2D eigenvalue weighted by Crippen LogP contribution is 2.25. The highest BCUT2D eigenvalue weighted by molar-refractivity contribution is 5.96. The molecule has 0 spiro atoms. The van der Waals surface area contributed by atoms with Crippen LogP contribution < -0.4 is 0 Å². The lowest BCUT2D eigenvalue weighted by molar-refractivity contribution is 0.0931. The lowest BCUT2D eigenvalue weighted by Gasteiger charge is -2.14. The summed E-state index contributed by atoms with van der Waals surface area (Å²) in [5.74, 6) is 0.0808. The number of benzene rings is 1. The Labute approximate surface area is 127 Å². The van der Waals surface area contributed by atoms with Gasteiger partial charge in [0.1, 0.15) is 5.69 Å². The van der Waals surface area contributed by atoms with Gasteiger partial charge < -0.3 is 0 Å². The normalized spacial score (nSPS) is 12.0. The van der Waals surface area contributed by atoms with E-state index in [0.29, 0.717) is 5.69 Å². The quantitative estimate of drug-likeness (QED) is 0.787. The first-order valence-corrected chi connectivity index (χ1v) is 7.42. The Balaban J connectivity index is 2.60. The molecule has 0 aliphatic heterocycles. The molecule has 3 nitrogen and oxygen atoms in total. The summed E-state index contributed by atoms with van der Waals surface area (Å²) in [5.41, 5.74) is 3.65. The van der Waals surface area contributed by atoms with E-state index in [0.717, 1.165) is 11.4 Å². The molecule has 0 amide bonds. The first-order valence-electron chi connectivity index (χ1n) is 7.42. The molecule has 0 atom stereocenters. The van der Waals surface area contributed by atoms with Crippen molar-refractivity contribution in [1.82, 2.24) is 9.78 Å². The number of rotatable bonds is 3. The molecular weight excluding hydrogens is 260 g/mol. The average Bonchev–Trinajstić information content (AvgIpc) is 2.83. The van der Waals surface area contributed by atoms with Crippen molar-refractivity contribution >= 4 is 5.78 Å². The van der Waals surface area contributed by atoms with Crippen LogP contribution in [-0.4, -0.2) is 15.6 Å². The van der Waals surface area contributed by atoms with Gasteiger partial charge >= 0.3 is 0 Å². The predicted octanol–water partition coefficient (Wildman–Crippen LogP) is 4.32. The third-order valence-corrected chi connectivity index (χ3v) is 3.53. The Morgan fingerprint density at radius 3 is 2.19 bits per heavy atom. The minimum absolute atomic E-state index is 0.0429. The van der Waals surface area contributed by atoms with E-state index in [-0.39, 0.29) is 17.1 Å². The number of Topliss-reactive ketones (excluding diaryl/α,β-unsaturated/α-hetero) is 1. The van der Waals surface area contributed by atoms with Crippen LogP contribution in [0.25, 0.3) is 5.69 Å². The van der Waals surface area contributed by atoms with E-state index in [4.69, 9.17) is 0 Å². The van der Waals surface area contributed by atoms with Crippen LogP contribution in [0, 0.1) is 12.8 Å². The Morgan fingerprint density at radius 1 is 1.14 bits per heavy atom. The Bertz CT molecular complexity index is 643. The van der Waals surface area contributed by atoms with Crippen molar-refractivity contribution < 1.29 is 4.79 Å². The van der Waals surface area contributed by atoms with Gasteiger partial charge in [0.2, 0.25) is 0 Å². The molecule has 0 bridgehead atoms. The minimum atomic E-state index is -0.0814. The zero-order valence-corrected chi connectivity index (χ0v) is 13.8. The van der Waals surface area contributed by atoms with Crippen molar-refractivity contribution in [2.45, 2.75) is 47.0 Å². The van der Waals surface area contributed by atoms with E-state index in [1.165, 1.54) is 5.56 Å². The molecule has 1 heterocycles. The maximum absolute atomic E-state index is 12.5. The number of carbonyl (C=O) groups is 1. The zero-order valence-electron chi connectivity index (χ0n) is 13.8. The number of nitrogens with zero attached hydrogens (tertiary/aromatic N) is 2. The van der Waals surface area contributed by atoms with Crippen LogP contribution in [0.15, 0.2) is 30.3 Å². The summed E-state index contributed by atoms with van der Waals surface area (Å²) in [6.07, 6.45) is 0. The fourth-order valence-electron chi connectivity index (χ4n) is 2.10. The van der Waals surface area contributed by atoms with Gasteiger partial charge in [0, 0.05) is 11.3 Å². The van der Waals surface area contributed by atoms with Crippen LogP contribution >= 0.6 is 0 Å². The van der Waals surface area contributed by atoms with Crippen LogP contribution in [0.2, 0.25) is 0 Å². The molecule has 0 unspecified atom stereocenters. The van der Waals surface area contributed by atoms with Crippen molar-refractivity contribution in [3.05, 3.63) is 47.3 Å². The summed E-state index contributed by atoms with van der Waals surface area (Å²) in [6, 6.07) is 10.0. The monoisotopic (exact) mass is 284 g/mol. The average molecular weight is 284 g/mol. The molecule has 1 aromatic carbocycles. The number of ketones is 1. The summed E-state index contributed by atoms with van der Waals surface area (Å²) < 4.78 is 1.78. The van der Waals surface area contributed by atoms with Crippen LogP contribution in [0.5, 0.6) is 0 Å². The molecule has 0 N–H and O–H groups in total. The number of hydrogen-bond donors (Lipinski definition) is 0. The second-order valence-electron chi connectivity index (χ2n) is 6.93. The maximum atomic E-state index is 12.5. The van der Waals surface area contributed by atoms with Crippen LogP contribution in [0.4, 0.5) is 0 Å². The lowest BCUT2D eigenvalue weighted by Crippen LogP contribution is -2.14. The molecule has 0 fully saturated rings.